The Morgan fingerprint density at radius 2 is 1.69 bits per heavy atom. The molecule has 2 aromatic rings. The number of sulfonamides is 1. The summed E-state index contributed by atoms with van der Waals surface area (Å²) < 4.78 is 73.2. The lowest BCUT2D eigenvalue weighted by Crippen LogP contribution is -2.57. The Bertz CT molecular complexity index is 1060. The predicted octanol–water partition coefficient (Wildman–Crippen LogP) is 2.56. The lowest BCUT2D eigenvalue weighted by atomic mass is 9.99. The number of amides is 2. The molecule has 32 heavy (non-hydrogen) atoms. The van der Waals surface area contributed by atoms with Crippen LogP contribution < -0.4 is 19.5 Å². The molecule has 8 nitrogen and oxygen atoms in total. The molecule has 1 aliphatic rings. The first kappa shape index (κ1) is 23.7. The average molecular weight is 473 g/mol. The Morgan fingerprint density at radius 3 is 2.22 bits per heavy atom. The van der Waals surface area contributed by atoms with E-state index < -0.39 is 33.8 Å². The maximum Gasteiger partial charge on any atom is 0.573 e. The first-order valence-corrected chi connectivity index (χ1v) is 11.3. The highest BCUT2D eigenvalue weighted by Gasteiger charge is 2.48. The summed E-state index contributed by atoms with van der Waals surface area (Å²) in [4.78, 5) is 13.9. The van der Waals surface area contributed by atoms with E-state index in [0.29, 0.717) is 12.2 Å². The summed E-state index contributed by atoms with van der Waals surface area (Å²) in [6, 6.07) is 11.4. The van der Waals surface area contributed by atoms with E-state index >= 15 is 0 Å². The number of hydrogen-bond donors (Lipinski definition) is 2. The molecule has 1 unspecified atom stereocenters. The van der Waals surface area contributed by atoms with E-state index in [4.69, 9.17) is 4.74 Å². The molecule has 1 saturated heterocycles. The molecule has 174 valence electrons. The molecule has 2 N–H and O–H groups in total. The zero-order chi connectivity index (χ0) is 23.6. The number of benzene rings is 2. The minimum atomic E-state index is -4.86. The lowest BCUT2D eigenvalue weighted by Gasteiger charge is -2.37. The summed E-state index contributed by atoms with van der Waals surface area (Å²) in [6.45, 7) is 0.0302. The Morgan fingerprint density at radius 1 is 1.09 bits per heavy atom. The van der Waals surface area contributed by atoms with Crippen molar-refractivity contribution in [3.05, 3.63) is 59.7 Å². The highest BCUT2D eigenvalue weighted by Crippen LogP contribution is 2.33. The quantitative estimate of drug-likeness (QED) is 0.614. The number of halogens is 3. The van der Waals surface area contributed by atoms with Crippen molar-refractivity contribution >= 4 is 16.1 Å². The van der Waals surface area contributed by atoms with Crippen LogP contribution in [0.5, 0.6) is 11.5 Å². The van der Waals surface area contributed by atoms with Gasteiger partial charge in [0.05, 0.1) is 19.9 Å². The zero-order valence-electron chi connectivity index (χ0n) is 17.3. The second-order valence-corrected chi connectivity index (χ2v) is 8.96. The van der Waals surface area contributed by atoms with Gasteiger partial charge in [0.2, 0.25) is 10.0 Å². The molecule has 1 aliphatic heterocycles. The van der Waals surface area contributed by atoms with E-state index in [0.717, 1.165) is 24.0 Å². The van der Waals surface area contributed by atoms with Gasteiger partial charge >= 0.3 is 12.4 Å². The summed E-state index contributed by atoms with van der Waals surface area (Å²) >= 11 is 0. The van der Waals surface area contributed by atoms with Crippen LogP contribution in [0.3, 0.4) is 0 Å². The van der Waals surface area contributed by atoms with Crippen LogP contribution in [0.25, 0.3) is 0 Å². The Kier molecular flexibility index (Phi) is 6.56. The van der Waals surface area contributed by atoms with Crippen molar-refractivity contribution in [2.75, 3.05) is 26.5 Å². The van der Waals surface area contributed by atoms with E-state index in [9.17, 15) is 26.4 Å². The van der Waals surface area contributed by atoms with Crippen LogP contribution in [-0.4, -0.2) is 52.2 Å². The van der Waals surface area contributed by atoms with Gasteiger partial charge in [-0.05, 0) is 41.8 Å². The minimum Gasteiger partial charge on any atom is -0.497 e. The number of rotatable bonds is 8. The number of nitrogens with one attached hydrogen (secondary N) is 2. The Balaban J connectivity index is 1.91. The van der Waals surface area contributed by atoms with Gasteiger partial charge in [0.15, 0.2) is 5.66 Å². The van der Waals surface area contributed by atoms with Crippen molar-refractivity contribution < 1.29 is 35.9 Å². The van der Waals surface area contributed by atoms with E-state index in [1.54, 1.807) is 19.2 Å². The van der Waals surface area contributed by atoms with E-state index in [1.807, 2.05) is 12.1 Å². The number of urea groups is 1. The topological polar surface area (TPSA) is 97.0 Å². The van der Waals surface area contributed by atoms with Crippen molar-refractivity contribution in [2.24, 2.45) is 0 Å². The lowest BCUT2D eigenvalue weighted by molar-refractivity contribution is -0.274. The standard InChI is InChI=1S/C20H22F3N3O5S/c1-30-16-7-3-14(4-8-16)11-12-26-18(27)24-13-19(26,25-32(2,28)29)15-5-9-17(10-6-15)31-20(21,22)23/h3-10,25H,11-13H2,1-2H3,(H,24,27). The van der Waals surface area contributed by atoms with Crippen LogP contribution in [0.2, 0.25) is 0 Å². The molecule has 2 amide bonds. The van der Waals surface area contributed by atoms with Gasteiger partial charge in [-0.15, -0.1) is 13.2 Å². The third kappa shape index (κ3) is 5.62. The highest BCUT2D eigenvalue weighted by atomic mass is 32.2. The second-order valence-electron chi connectivity index (χ2n) is 7.22. The van der Waals surface area contributed by atoms with Gasteiger partial charge in [-0.25, -0.2) is 13.2 Å². The van der Waals surface area contributed by atoms with Gasteiger partial charge in [-0.2, -0.15) is 4.72 Å². The van der Waals surface area contributed by atoms with Gasteiger partial charge in [0.25, 0.3) is 0 Å². The van der Waals surface area contributed by atoms with Crippen LogP contribution in [0.4, 0.5) is 18.0 Å². The van der Waals surface area contributed by atoms with Gasteiger partial charge < -0.3 is 14.8 Å². The molecule has 0 aliphatic carbocycles. The molecule has 1 heterocycles. The first-order valence-electron chi connectivity index (χ1n) is 9.45. The van der Waals surface area contributed by atoms with Crippen LogP contribution in [0.15, 0.2) is 48.5 Å². The molecule has 0 saturated carbocycles. The predicted molar refractivity (Wildman–Crippen MR) is 110 cm³/mol. The molecule has 1 atom stereocenters. The van der Waals surface area contributed by atoms with E-state index in [-0.39, 0.29) is 18.7 Å². The Hall–Kier alpha value is -2.99. The molecule has 0 radical (unpaired) electrons. The molecular formula is C20H22F3N3O5S. The zero-order valence-corrected chi connectivity index (χ0v) is 18.1. The fourth-order valence-electron chi connectivity index (χ4n) is 3.54. The fraction of sp³-hybridized carbons (Fsp3) is 0.350. The van der Waals surface area contributed by atoms with Crippen LogP contribution >= 0.6 is 0 Å². The SMILES string of the molecule is COc1ccc(CCN2C(=O)NCC2(NS(C)(=O)=O)c2ccc(OC(F)(F)F)cc2)cc1. The average Bonchev–Trinajstić information content (AvgIpc) is 3.01. The number of carbonyl (C=O) groups excluding carboxylic acids is 1. The minimum absolute atomic E-state index is 0.110. The second kappa shape index (κ2) is 8.87. The molecule has 0 spiro atoms. The smallest absolute Gasteiger partial charge is 0.497 e. The van der Waals surface area contributed by atoms with E-state index in [1.165, 1.54) is 17.0 Å². The Labute approximate surface area is 183 Å². The van der Waals surface area contributed by atoms with Crippen molar-refractivity contribution in [1.82, 2.24) is 14.9 Å². The molecule has 12 heteroatoms. The molecule has 3 rings (SSSR count). The molecule has 0 aromatic heterocycles. The molecule has 2 aromatic carbocycles. The summed E-state index contributed by atoms with van der Waals surface area (Å²) in [6.07, 6.45) is -3.51. The number of nitrogens with zero attached hydrogens (tertiary/aromatic N) is 1. The van der Waals surface area contributed by atoms with Crippen molar-refractivity contribution in [2.45, 2.75) is 18.4 Å². The van der Waals surface area contributed by atoms with Crippen molar-refractivity contribution in [3.8, 4) is 11.5 Å². The van der Waals surface area contributed by atoms with Gasteiger partial charge in [-0.1, -0.05) is 24.3 Å². The fourth-order valence-corrected chi connectivity index (χ4v) is 4.45. The van der Waals surface area contributed by atoms with Gasteiger partial charge in [-0.3, -0.25) is 4.90 Å². The highest BCUT2D eigenvalue weighted by molar-refractivity contribution is 7.88. The van der Waals surface area contributed by atoms with Crippen LogP contribution in [0, 0.1) is 0 Å². The van der Waals surface area contributed by atoms with Crippen LogP contribution in [0.1, 0.15) is 11.1 Å². The number of methoxy groups -OCH3 is 1. The number of hydrogen-bond acceptors (Lipinski definition) is 5. The third-order valence-electron chi connectivity index (χ3n) is 4.90. The molecular weight excluding hydrogens is 451 g/mol. The number of ether oxygens (including phenoxy) is 2. The maximum atomic E-state index is 12.6. The normalized spacial score (nSPS) is 19.0. The largest absolute Gasteiger partial charge is 0.573 e. The van der Waals surface area contributed by atoms with Crippen LogP contribution in [-0.2, 0) is 22.1 Å². The molecule has 0 bridgehead atoms. The van der Waals surface area contributed by atoms with Crippen molar-refractivity contribution in [1.29, 1.82) is 0 Å². The summed E-state index contributed by atoms with van der Waals surface area (Å²) in [5, 5.41) is 2.62. The monoisotopic (exact) mass is 473 g/mol. The summed E-state index contributed by atoms with van der Waals surface area (Å²) in [5.74, 6) is 0.208. The number of alkyl halides is 3. The van der Waals surface area contributed by atoms with Crippen molar-refractivity contribution in [3.63, 3.8) is 0 Å². The number of carbonyl (C=O) groups is 1. The van der Waals surface area contributed by atoms with Gasteiger partial charge in [0, 0.05) is 6.54 Å². The van der Waals surface area contributed by atoms with Gasteiger partial charge in [0.1, 0.15) is 11.5 Å². The maximum absolute atomic E-state index is 12.6. The first-order chi connectivity index (χ1) is 14.9. The third-order valence-corrected chi connectivity index (χ3v) is 5.61. The molecule has 1 fully saturated rings. The summed E-state index contributed by atoms with van der Waals surface area (Å²) in [7, 11) is -2.27. The van der Waals surface area contributed by atoms with E-state index in [2.05, 4.69) is 14.8 Å². The summed E-state index contributed by atoms with van der Waals surface area (Å²) in [5.41, 5.74) is -0.355.